The molecular formula is C14H17NO5S. The van der Waals surface area contributed by atoms with Gasteiger partial charge < -0.3 is 20.1 Å². The number of rotatable bonds is 3. The number of para-hydroxylation sites is 1. The van der Waals surface area contributed by atoms with Gasteiger partial charge in [-0.15, -0.1) is 11.8 Å². The number of nitrogens with zero attached hydrogens (tertiary/aromatic N) is 1. The van der Waals surface area contributed by atoms with Gasteiger partial charge in [-0.3, -0.25) is 9.69 Å². The number of benzene rings is 1. The minimum Gasteiger partial charge on any atom is -0.394 e. The Bertz CT molecular complexity index is 513. The SMILES string of the molecule is O=C1CS[C@@H](C2O[C@H](CO)[C@@H](O)[C@@H]2O)N1c1ccccc1. The Morgan fingerprint density at radius 1 is 1.24 bits per heavy atom. The second kappa shape index (κ2) is 5.94. The monoisotopic (exact) mass is 311 g/mol. The quantitative estimate of drug-likeness (QED) is 0.702. The molecule has 0 radical (unpaired) electrons. The van der Waals surface area contributed by atoms with Gasteiger partial charge in [-0.2, -0.15) is 0 Å². The fourth-order valence-electron chi connectivity index (χ4n) is 2.73. The zero-order chi connectivity index (χ0) is 15.0. The summed E-state index contributed by atoms with van der Waals surface area (Å²) in [4.78, 5) is 13.7. The largest absolute Gasteiger partial charge is 0.394 e. The van der Waals surface area contributed by atoms with E-state index in [0.717, 1.165) is 5.69 Å². The smallest absolute Gasteiger partial charge is 0.238 e. The predicted molar refractivity (Wildman–Crippen MR) is 77.9 cm³/mol. The Kier molecular flexibility index (Phi) is 4.19. The maximum atomic E-state index is 12.1. The van der Waals surface area contributed by atoms with Gasteiger partial charge in [-0.1, -0.05) is 18.2 Å². The molecule has 1 amide bonds. The Morgan fingerprint density at radius 3 is 2.57 bits per heavy atom. The molecule has 2 aliphatic rings. The lowest BCUT2D eigenvalue weighted by Gasteiger charge is -2.29. The van der Waals surface area contributed by atoms with Gasteiger partial charge in [0, 0.05) is 5.69 Å². The van der Waals surface area contributed by atoms with Gasteiger partial charge in [-0.05, 0) is 12.1 Å². The van der Waals surface area contributed by atoms with Crippen molar-refractivity contribution in [3.63, 3.8) is 0 Å². The van der Waals surface area contributed by atoms with Crippen LogP contribution in [0.4, 0.5) is 5.69 Å². The molecular weight excluding hydrogens is 294 g/mol. The number of aliphatic hydroxyl groups is 3. The maximum absolute atomic E-state index is 12.1. The fraction of sp³-hybridized carbons (Fsp3) is 0.500. The molecule has 2 aliphatic heterocycles. The van der Waals surface area contributed by atoms with Gasteiger partial charge >= 0.3 is 0 Å². The molecule has 0 aliphatic carbocycles. The molecule has 0 bridgehead atoms. The van der Waals surface area contributed by atoms with Crippen LogP contribution in [-0.4, -0.2) is 63.4 Å². The van der Waals surface area contributed by atoms with Crippen LogP contribution in [0.5, 0.6) is 0 Å². The molecule has 3 N–H and O–H groups in total. The van der Waals surface area contributed by atoms with E-state index in [9.17, 15) is 15.0 Å². The van der Waals surface area contributed by atoms with E-state index in [1.807, 2.05) is 30.3 Å². The number of thioether (sulfide) groups is 1. The molecule has 6 nitrogen and oxygen atoms in total. The van der Waals surface area contributed by atoms with Crippen LogP contribution in [-0.2, 0) is 9.53 Å². The van der Waals surface area contributed by atoms with Gasteiger partial charge in [0.25, 0.3) is 0 Å². The number of anilines is 1. The first kappa shape index (κ1) is 14.8. The molecule has 5 atom stereocenters. The van der Waals surface area contributed by atoms with Gasteiger partial charge in [0.1, 0.15) is 29.8 Å². The molecule has 114 valence electrons. The average Bonchev–Trinajstić information content (AvgIpc) is 3.02. The van der Waals surface area contributed by atoms with Crippen LogP contribution in [0.25, 0.3) is 0 Å². The molecule has 21 heavy (non-hydrogen) atoms. The van der Waals surface area contributed by atoms with E-state index in [-0.39, 0.29) is 12.5 Å². The number of amides is 1. The van der Waals surface area contributed by atoms with Crippen molar-refractivity contribution >= 4 is 23.4 Å². The first-order chi connectivity index (χ1) is 10.1. The van der Waals surface area contributed by atoms with Crippen molar-refractivity contribution in [3.05, 3.63) is 30.3 Å². The summed E-state index contributed by atoms with van der Waals surface area (Å²) in [5.74, 6) is 0.236. The topological polar surface area (TPSA) is 90.2 Å². The van der Waals surface area contributed by atoms with E-state index < -0.39 is 29.8 Å². The van der Waals surface area contributed by atoms with Crippen LogP contribution >= 0.6 is 11.8 Å². The Morgan fingerprint density at radius 2 is 1.95 bits per heavy atom. The molecule has 1 aromatic carbocycles. The summed E-state index contributed by atoms with van der Waals surface area (Å²) in [5.41, 5.74) is 0.732. The molecule has 3 rings (SSSR count). The van der Waals surface area contributed by atoms with Gasteiger partial charge in [0.2, 0.25) is 5.91 Å². The Balaban J connectivity index is 1.86. The number of aliphatic hydroxyl groups excluding tert-OH is 3. The van der Waals surface area contributed by atoms with Crippen LogP contribution in [0.1, 0.15) is 0 Å². The van der Waals surface area contributed by atoms with Gasteiger partial charge in [0.15, 0.2) is 0 Å². The molecule has 0 spiro atoms. The molecule has 2 saturated heterocycles. The minimum absolute atomic E-state index is 0.0612. The maximum Gasteiger partial charge on any atom is 0.238 e. The third kappa shape index (κ3) is 2.56. The minimum atomic E-state index is -1.14. The predicted octanol–water partition coefficient (Wildman–Crippen LogP) is -0.426. The van der Waals surface area contributed by atoms with Crippen LogP contribution in [0, 0.1) is 0 Å². The lowest BCUT2D eigenvalue weighted by molar-refractivity contribution is -0.116. The van der Waals surface area contributed by atoms with Crippen LogP contribution < -0.4 is 4.90 Å². The summed E-state index contributed by atoms with van der Waals surface area (Å²) in [6.45, 7) is -0.370. The van der Waals surface area contributed by atoms with E-state index >= 15 is 0 Å². The molecule has 2 heterocycles. The highest BCUT2D eigenvalue weighted by atomic mass is 32.2. The number of ether oxygens (including phenoxy) is 1. The summed E-state index contributed by atoms with van der Waals surface area (Å²) in [5, 5.41) is 28.7. The standard InChI is InChI=1S/C14H17NO5S/c16-6-9-11(18)12(19)13(20-9)14-15(10(17)7-21-14)8-4-2-1-3-5-8/h1-5,9,11-14,16,18-19H,6-7H2/t9-,11-,12+,13?,14+/m1/s1. The van der Waals surface area contributed by atoms with Crippen molar-refractivity contribution in [1.82, 2.24) is 0 Å². The number of carbonyl (C=O) groups excluding carboxylic acids is 1. The van der Waals surface area contributed by atoms with Crippen LogP contribution in [0.15, 0.2) is 30.3 Å². The van der Waals surface area contributed by atoms with Crippen molar-refractivity contribution in [2.24, 2.45) is 0 Å². The molecule has 0 saturated carbocycles. The molecule has 2 fully saturated rings. The normalized spacial score (nSPS) is 36.4. The van der Waals surface area contributed by atoms with Crippen molar-refractivity contribution in [1.29, 1.82) is 0 Å². The van der Waals surface area contributed by atoms with Crippen LogP contribution in [0.3, 0.4) is 0 Å². The van der Waals surface area contributed by atoms with E-state index in [2.05, 4.69) is 0 Å². The lowest BCUT2D eigenvalue weighted by atomic mass is 10.1. The van der Waals surface area contributed by atoms with Crippen molar-refractivity contribution in [2.45, 2.75) is 29.8 Å². The fourth-order valence-corrected chi connectivity index (χ4v) is 3.98. The van der Waals surface area contributed by atoms with E-state index in [1.54, 1.807) is 4.90 Å². The first-order valence-corrected chi connectivity index (χ1v) is 7.79. The molecule has 1 unspecified atom stereocenters. The van der Waals surface area contributed by atoms with Crippen LogP contribution in [0.2, 0.25) is 0 Å². The third-order valence-corrected chi connectivity index (χ3v) is 5.03. The highest BCUT2D eigenvalue weighted by molar-refractivity contribution is 8.01. The highest BCUT2D eigenvalue weighted by Crippen LogP contribution is 2.38. The van der Waals surface area contributed by atoms with Gasteiger partial charge in [-0.25, -0.2) is 0 Å². The molecule has 1 aromatic rings. The summed E-state index contributed by atoms with van der Waals surface area (Å²) < 4.78 is 5.55. The van der Waals surface area contributed by atoms with Crippen molar-refractivity contribution in [2.75, 3.05) is 17.3 Å². The lowest BCUT2D eigenvalue weighted by Crippen LogP contribution is -2.46. The second-order valence-electron chi connectivity index (χ2n) is 5.10. The first-order valence-electron chi connectivity index (χ1n) is 6.74. The number of hydrogen-bond acceptors (Lipinski definition) is 6. The summed E-state index contributed by atoms with van der Waals surface area (Å²) in [6, 6.07) is 9.16. The Labute approximate surface area is 126 Å². The average molecular weight is 311 g/mol. The summed E-state index contributed by atoms with van der Waals surface area (Å²) in [6.07, 6.45) is -3.82. The van der Waals surface area contributed by atoms with Gasteiger partial charge in [0.05, 0.1) is 12.4 Å². The van der Waals surface area contributed by atoms with Crippen molar-refractivity contribution in [3.8, 4) is 0 Å². The number of hydrogen-bond donors (Lipinski definition) is 3. The van der Waals surface area contributed by atoms with E-state index in [0.29, 0.717) is 5.75 Å². The molecule has 7 heteroatoms. The summed E-state index contributed by atoms with van der Waals surface area (Å²) >= 11 is 1.37. The second-order valence-corrected chi connectivity index (χ2v) is 6.21. The zero-order valence-electron chi connectivity index (χ0n) is 11.2. The van der Waals surface area contributed by atoms with E-state index in [1.165, 1.54) is 11.8 Å². The highest BCUT2D eigenvalue weighted by Gasteiger charge is 2.50. The third-order valence-electron chi connectivity index (χ3n) is 3.80. The summed E-state index contributed by atoms with van der Waals surface area (Å²) in [7, 11) is 0. The van der Waals surface area contributed by atoms with E-state index in [4.69, 9.17) is 9.84 Å². The number of carbonyl (C=O) groups is 1. The Hall–Kier alpha value is -1.12. The van der Waals surface area contributed by atoms with Crippen molar-refractivity contribution < 1.29 is 24.9 Å². The molecule has 0 aromatic heterocycles. The zero-order valence-corrected chi connectivity index (χ0v) is 12.0.